The van der Waals surface area contributed by atoms with E-state index in [1.165, 1.54) is 0 Å². The lowest BCUT2D eigenvalue weighted by Crippen LogP contribution is -2.01. The highest BCUT2D eigenvalue weighted by atomic mass is 127. The molecule has 1 heterocycles. The van der Waals surface area contributed by atoms with Crippen LogP contribution in [0.1, 0.15) is 22.5 Å². The number of halogens is 3. The van der Waals surface area contributed by atoms with E-state index in [1.807, 2.05) is 43.3 Å². The molecule has 1 N–H and O–H groups in total. The van der Waals surface area contributed by atoms with E-state index in [0.29, 0.717) is 32.9 Å². The Bertz CT molecular complexity index is 1420. The van der Waals surface area contributed by atoms with E-state index in [1.54, 1.807) is 25.3 Å². The summed E-state index contributed by atoms with van der Waals surface area (Å²) in [4.78, 5) is 7.78. The molecule has 0 aliphatic heterocycles. The van der Waals surface area contributed by atoms with Crippen LogP contribution in [0.3, 0.4) is 0 Å². The fraction of sp³-hybridized carbons (Fsp3) is 0.120. The van der Waals surface area contributed by atoms with E-state index >= 15 is 0 Å². The lowest BCUT2D eigenvalue weighted by atomic mass is 10.1. The maximum Gasteiger partial charge on any atom is 0.174 e. The first kappa shape index (κ1) is 23.4. The zero-order chi connectivity index (χ0) is 23.5. The molecule has 0 bridgehead atoms. The number of nitrogens with one attached hydrogen (secondary N) is 1. The van der Waals surface area contributed by atoms with Crippen molar-refractivity contribution in [2.45, 2.75) is 13.5 Å². The third-order valence-electron chi connectivity index (χ3n) is 4.96. The molecule has 0 spiro atoms. The first-order chi connectivity index (χ1) is 15.9. The van der Waals surface area contributed by atoms with Crippen LogP contribution in [0.5, 0.6) is 11.5 Å². The summed E-state index contributed by atoms with van der Waals surface area (Å²) in [6.07, 6.45) is 1.77. The second-order valence-corrected chi connectivity index (χ2v) is 9.34. The van der Waals surface area contributed by atoms with Crippen LogP contribution >= 0.6 is 45.8 Å². The highest BCUT2D eigenvalue weighted by Crippen LogP contribution is 2.36. The number of allylic oxidation sites excluding steroid dienone is 1. The predicted molar refractivity (Wildman–Crippen MR) is 141 cm³/mol. The molecule has 0 saturated carbocycles. The average molecular weight is 590 g/mol. The molecule has 0 amide bonds. The molecule has 166 valence electrons. The van der Waals surface area contributed by atoms with Crippen molar-refractivity contribution in [3.63, 3.8) is 0 Å². The molecule has 3 aromatic carbocycles. The summed E-state index contributed by atoms with van der Waals surface area (Å²) in [6.45, 7) is 2.28. The highest BCUT2D eigenvalue weighted by Gasteiger charge is 2.14. The molecule has 33 heavy (non-hydrogen) atoms. The van der Waals surface area contributed by atoms with E-state index in [2.05, 4.69) is 38.6 Å². The number of aromatic amines is 1. The molecule has 0 atom stereocenters. The standard InChI is InChI=1S/C25H18Cl2IN3O2/c1-14-3-6-21-22(7-14)31-25(30-21)17(12-29)8-15-9-20(28)24(23(10-15)32-2)33-13-16-4-5-18(26)11-19(16)27/h3-11H,13H2,1-2H3,(H,30,31)/b17-8-. The summed E-state index contributed by atoms with van der Waals surface area (Å²) in [5.74, 6) is 1.67. The number of aryl methyl sites for hydroxylation is 1. The number of aromatic nitrogens is 2. The predicted octanol–water partition coefficient (Wildman–Crippen LogP) is 7.43. The van der Waals surface area contributed by atoms with Crippen LogP contribution in [-0.2, 0) is 6.61 Å². The lowest BCUT2D eigenvalue weighted by molar-refractivity contribution is 0.282. The number of methoxy groups -OCH3 is 1. The van der Waals surface area contributed by atoms with Crippen molar-refractivity contribution in [2.75, 3.05) is 7.11 Å². The van der Waals surface area contributed by atoms with Gasteiger partial charge in [0.2, 0.25) is 0 Å². The maximum atomic E-state index is 9.77. The van der Waals surface area contributed by atoms with E-state index in [0.717, 1.165) is 31.3 Å². The molecule has 8 heteroatoms. The SMILES string of the molecule is COc1cc(/C=C(/C#N)c2nc3ccc(C)cc3[nH]2)cc(I)c1OCc1ccc(Cl)cc1Cl. The van der Waals surface area contributed by atoms with Gasteiger partial charge in [-0.15, -0.1) is 0 Å². The van der Waals surface area contributed by atoms with Gasteiger partial charge < -0.3 is 14.5 Å². The first-order valence-electron chi connectivity index (χ1n) is 9.90. The van der Waals surface area contributed by atoms with Gasteiger partial charge in [-0.1, -0.05) is 35.3 Å². The van der Waals surface area contributed by atoms with Gasteiger partial charge in [0.25, 0.3) is 0 Å². The van der Waals surface area contributed by atoms with Crippen molar-refractivity contribution in [3.8, 4) is 17.6 Å². The Kier molecular flexibility index (Phi) is 7.13. The van der Waals surface area contributed by atoms with Crippen LogP contribution in [0.25, 0.3) is 22.7 Å². The largest absolute Gasteiger partial charge is 0.493 e. The van der Waals surface area contributed by atoms with Gasteiger partial charge in [0.1, 0.15) is 18.5 Å². The third kappa shape index (κ3) is 5.27. The number of nitriles is 1. The van der Waals surface area contributed by atoms with Crippen LogP contribution in [0.4, 0.5) is 0 Å². The molecular weight excluding hydrogens is 572 g/mol. The normalized spacial score (nSPS) is 11.5. The molecule has 1 aromatic heterocycles. The Morgan fingerprint density at radius 2 is 2.00 bits per heavy atom. The van der Waals surface area contributed by atoms with Gasteiger partial charge >= 0.3 is 0 Å². The second-order valence-electron chi connectivity index (χ2n) is 7.33. The number of fused-ring (bicyclic) bond motifs is 1. The van der Waals surface area contributed by atoms with Crippen molar-refractivity contribution in [2.24, 2.45) is 0 Å². The van der Waals surface area contributed by atoms with Crippen molar-refractivity contribution in [1.82, 2.24) is 9.97 Å². The Morgan fingerprint density at radius 1 is 1.18 bits per heavy atom. The van der Waals surface area contributed by atoms with Crippen LogP contribution < -0.4 is 9.47 Å². The average Bonchev–Trinajstić information content (AvgIpc) is 3.20. The monoisotopic (exact) mass is 589 g/mol. The smallest absolute Gasteiger partial charge is 0.174 e. The molecule has 0 saturated heterocycles. The maximum absolute atomic E-state index is 9.77. The summed E-state index contributed by atoms with van der Waals surface area (Å²) in [7, 11) is 1.58. The van der Waals surface area contributed by atoms with Crippen LogP contribution in [0.2, 0.25) is 10.0 Å². The summed E-state index contributed by atoms with van der Waals surface area (Å²) in [5.41, 5.74) is 4.85. The van der Waals surface area contributed by atoms with Crippen molar-refractivity contribution in [1.29, 1.82) is 5.26 Å². The Balaban J connectivity index is 1.64. The van der Waals surface area contributed by atoms with Crippen LogP contribution in [0, 0.1) is 21.8 Å². The number of H-pyrrole nitrogens is 1. The highest BCUT2D eigenvalue weighted by molar-refractivity contribution is 14.1. The molecular formula is C25H18Cl2IN3O2. The zero-order valence-corrected chi connectivity index (χ0v) is 21.4. The van der Waals surface area contributed by atoms with E-state index < -0.39 is 0 Å². The number of nitrogens with zero attached hydrogens (tertiary/aromatic N) is 2. The molecule has 0 unspecified atom stereocenters. The Labute approximate surface area is 215 Å². The zero-order valence-electron chi connectivity index (χ0n) is 17.7. The minimum atomic E-state index is 0.263. The molecule has 5 nitrogen and oxygen atoms in total. The number of hydrogen-bond acceptors (Lipinski definition) is 4. The van der Waals surface area contributed by atoms with Gasteiger partial charge in [0.05, 0.1) is 27.3 Å². The fourth-order valence-electron chi connectivity index (χ4n) is 3.32. The quantitative estimate of drug-likeness (QED) is 0.187. The van der Waals surface area contributed by atoms with Gasteiger partial charge in [-0.25, -0.2) is 4.98 Å². The van der Waals surface area contributed by atoms with Crippen molar-refractivity contribution >= 4 is 68.5 Å². The molecule has 4 rings (SSSR count). The van der Waals surface area contributed by atoms with E-state index in [-0.39, 0.29) is 6.61 Å². The number of imidazole rings is 1. The number of ether oxygens (including phenoxy) is 2. The molecule has 0 aliphatic rings. The minimum absolute atomic E-state index is 0.263. The molecule has 0 fully saturated rings. The topological polar surface area (TPSA) is 70.9 Å². The lowest BCUT2D eigenvalue weighted by Gasteiger charge is -2.14. The van der Waals surface area contributed by atoms with Crippen LogP contribution in [-0.4, -0.2) is 17.1 Å². The minimum Gasteiger partial charge on any atom is -0.493 e. The number of hydrogen-bond donors (Lipinski definition) is 1. The third-order valence-corrected chi connectivity index (χ3v) is 6.35. The van der Waals surface area contributed by atoms with Crippen molar-refractivity contribution < 1.29 is 9.47 Å². The van der Waals surface area contributed by atoms with Crippen molar-refractivity contribution in [3.05, 3.63) is 84.7 Å². The summed E-state index contributed by atoms with van der Waals surface area (Å²) in [6, 6.07) is 17.2. The number of benzene rings is 3. The molecule has 4 aromatic rings. The van der Waals surface area contributed by atoms with Gasteiger partial charge in [0.15, 0.2) is 11.5 Å². The van der Waals surface area contributed by atoms with Gasteiger partial charge in [-0.2, -0.15) is 5.26 Å². The fourth-order valence-corrected chi connectivity index (χ4v) is 4.57. The second kappa shape index (κ2) is 10.0. The first-order valence-corrected chi connectivity index (χ1v) is 11.7. The Morgan fingerprint density at radius 3 is 2.73 bits per heavy atom. The summed E-state index contributed by atoms with van der Waals surface area (Å²) < 4.78 is 12.4. The van der Waals surface area contributed by atoms with Crippen LogP contribution in [0.15, 0.2) is 48.5 Å². The van der Waals surface area contributed by atoms with E-state index in [4.69, 9.17) is 32.7 Å². The van der Waals surface area contributed by atoms with Gasteiger partial charge in [-0.3, -0.25) is 0 Å². The molecule has 0 radical (unpaired) electrons. The Hall–Kier alpha value is -2.73. The van der Waals surface area contributed by atoms with E-state index in [9.17, 15) is 5.26 Å². The van der Waals surface area contributed by atoms with Gasteiger partial charge in [-0.05, 0) is 83.1 Å². The summed E-state index contributed by atoms with van der Waals surface area (Å²) >= 11 is 14.4. The molecule has 0 aliphatic carbocycles. The summed E-state index contributed by atoms with van der Waals surface area (Å²) in [5, 5.41) is 10.9. The van der Waals surface area contributed by atoms with Gasteiger partial charge in [0, 0.05) is 15.6 Å². The number of rotatable bonds is 6.